The number of carbonyl (C=O) groups is 2. The Balaban J connectivity index is 1.49. The summed E-state index contributed by atoms with van der Waals surface area (Å²) in [5.74, 6) is -0.381. The molecule has 4 rings (SSSR count). The Hall–Kier alpha value is -3.62. The highest BCUT2D eigenvalue weighted by molar-refractivity contribution is 5.96. The molecular formula is C23H26N4O5. The van der Waals surface area contributed by atoms with Gasteiger partial charge in [-0.25, -0.2) is 19.6 Å². The van der Waals surface area contributed by atoms with Crippen LogP contribution in [-0.2, 0) is 4.74 Å². The molecule has 9 nitrogen and oxygen atoms in total. The Morgan fingerprint density at radius 2 is 1.78 bits per heavy atom. The second-order valence-corrected chi connectivity index (χ2v) is 8.77. The normalized spacial score (nSPS) is 15.0. The lowest BCUT2D eigenvalue weighted by molar-refractivity contribution is 0.0126. The summed E-state index contributed by atoms with van der Waals surface area (Å²) in [6, 6.07) is 7.11. The third-order valence-corrected chi connectivity index (χ3v) is 5.19. The van der Waals surface area contributed by atoms with Crippen molar-refractivity contribution in [2.24, 2.45) is 0 Å². The average Bonchev–Trinajstić information content (AvgIpc) is 3.13. The summed E-state index contributed by atoms with van der Waals surface area (Å²) in [6.07, 6.45) is 5.60. The quantitative estimate of drug-likeness (QED) is 0.658. The van der Waals surface area contributed by atoms with Crippen LogP contribution < -0.4 is 4.74 Å². The van der Waals surface area contributed by atoms with E-state index in [1.54, 1.807) is 27.9 Å². The van der Waals surface area contributed by atoms with Gasteiger partial charge in [0.25, 0.3) is 0 Å². The number of fused-ring (bicyclic) bond motifs is 1. The molecule has 168 valence electrons. The lowest BCUT2D eigenvalue weighted by Gasteiger charge is -2.33. The third kappa shape index (κ3) is 4.66. The van der Waals surface area contributed by atoms with Crippen molar-refractivity contribution < 1.29 is 24.2 Å². The molecule has 0 aliphatic carbocycles. The van der Waals surface area contributed by atoms with E-state index < -0.39 is 11.6 Å². The summed E-state index contributed by atoms with van der Waals surface area (Å²) in [5.41, 5.74) is 0.904. The van der Waals surface area contributed by atoms with Crippen molar-refractivity contribution in [1.82, 2.24) is 19.4 Å². The molecule has 1 N–H and O–H groups in total. The topological polar surface area (TPSA) is 107 Å². The van der Waals surface area contributed by atoms with Gasteiger partial charge in [0.1, 0.15) is 29.5 Å². The molecule has 0 spiro atoms. The average molecular weight is 438 g/mol. The molecule has 0 saturated carbocycles. The molecule has 2 aromatic heterocycles. The number of carbonyl (C=O) groups excluding carboxylic acids is 1. The molecule has 1 aromatic carbocycles. The van der Waals surface area contributed by atoms with Crippen LogP contribution in [-0.4, -0.2) is 61.4 Å². The number of nitrogens with zero attached hydrogens (tertiary/aromatic N) is 4. The number of rotatable bonds is 4. The van der Waals surface area contributed by atoms with Crippen LogP contribution in [0, 0.1) is 0 Å². The SMILES string of the molecule is CC(C)(C)OC(=O)N1CCC(Oc2ccc3c(c2)cc(C(=O)O)n3-c2cncnc2)CC1. The highest BCUT2D eigenvalue weighted by Gasteiger charge is 2.28. The largest absolute Gasteiger partial charge is 0.490 e. The number of hydrogen-bond donors (Lipinski definition) is 1. The van der Waals surface area contributed by atoms with Gasteiger partial charge in [-0.3, -0.25) is 0 Å². The van der Waals surface area contributed by atoms with Gasteiger partial charge >= 0.3 is 12.1 Å². The molecule has 1 aliphatic heterocycles. The van der Waals surface area contributed by atoms with Gasteiger partial charge in [-0.15, -0.1) is 0 Å². The van der Waals surface area contributed by atoms with Crippen LogP contribution >= 0.6 is 0 Å². The van der Waals surface area contributed by atoms with Gasteiger partial charge in [0, 0.05) is 31.3 Å². The van der Waals surface area contributed by atoms with Gasteiger partial charge < -0.3 is 24.0 Å². The summed E-state index contributed by atoms with van der Waals surface area (Å²) in [4.78, 5) is 33.7. The van der Waals surface area contributed by atoms with Gasteiger partial charge in [-0.1, -0.05) is 0 Å². The number of aromatic carboxylic acids is 1. The first-order chi connectivity index (χ1) is 15.2. The summed E-state index contributed by atoms with van der Waals surface area (Å²) in [6.45, 7) is 6.69. The standard InChI is InChI=1S/C23H26N4O5/c1-23(2,3)32-22(30)26-8-6-17(7-9-26)31-18-4-5-19-15(10-18)11-20(21(28)29)27(19)16-12-24-14-25-13-16/h4-5,10-14,17H,6-9H2,1-3H3,(H,28,29). The van der Waals surface area contributed by atoms with E-state index in [0.29, 0.717) is 37.4 Å². The summed E-state index contributed by atoms with van der Waals surface area (Å²) >= 11 is 0. The molecule has 3 aromatic rings. The van der Waals surface area contributed by atoms with Gasteiger partial charge in [-0.05, 0) is 45.0 Å². The Labute approximate surface area is 185 Å². The Morgan fingerprint density at radius 1 is 1.09 bits per heavy atom. The van der Waals surface area contributed by atoms with Crippen molar-refractivity contribution >= 4 is 23.0 Å². The Bertz CT molecular complexity index is 1130. The molecule has 1 amide bonds. The number of carboxylic acid groups (broad SMARTS) is 1. The fourth-order valence-corrected chi connectivity index (χ4v) is 3.78. The van der Waals surface area contributed by atoms with E-state index in [-0.39, 0.29) is 17.9 Å². The minimum atomic E-state index is -1.04. The predicted octanol–water partition coefficient (Wildman–Crippen LogP) is 3.90. The lowest BCUT2D eigenvalue weighted by atomic mass is 10.1. The molecule has 0 bridgehead atoms. The van der Waals surface area contributed by atoms with Crippen LogP contribution in [0.3, 0.4) is 0 Å². The molecule has 1 saturated heterocycles. The van der Waals surface area contributed by atoms with E-state index in [4.69, 9.17) is 9.47 Å². The molecule has 9 heteroatoms. The number of benzene rings is 1. The lowest BCUT2D eigenvalue weighted by Crippen LogP contribution is -2.44. The monoisotopic (exact) mass is 438 g/mol. The van der Waals surface area contributed by atoms with Crippen LogP contribution in [0.2, 0.25) is 0 Å². The van der Waals surface area contributed by atoms with E-state index in [1.165, 1.54) is 6.33 Å². The van der Waals surface area contributed by atoms with Gasteiger partial charge in [0.05, 0.1) is 23.6 Å². The van der Waals surface area contributed by atoms with Crippen LogP contribution in [0.25, 0.3) is 16.6 Å². The van der Waals surface area contributed by atoms with E-state index in [1.807, 2.05) is 39.0 Å². The van der Waals surface area contributed by atoms with Crippen molar-refractivity contribution in [3.63, 3.8) is 0 Å². The predicted molar refractivity (Wildman–Crippen MR) is 117 cm³/mol. The maximum Gasteiger partial charge on any atom is 0.410 e. The minimum absolute atomic E-state index is 0.0327. The molecule has 1 fully saturated rings. The number of likely N-dealkylation sites (tertiary alicyclic amines) is 1. The summed E-state index contributed by atoms with van der Waals surface area (Å²) in [5, 5.41) is 10.4. The molecule has 3 heterocycles. The Kier molecular flexibility index (Phi) is 5.73. The fraction of sp³-hybridized carbons (Fsp3) is 0.391. The van der Waals surface area contributed by atoms with Gasteiger partial charge in [0.2, 0.25) is 0 Å². The van der Waals surface area contributed by atoms with Crippen LogP contribution in [0.15, 0.2) is 43.0 Å². The maximum atomic E-state index is 12.2. The molecule has 0 atom stereocenters. The zero-order valence-electron chi connectivity index (χ0n) is 18.3. The van der Waals surface area contributed by atoms with E-state index in [9.17, 15) is 14.7 Å². The molecule has 0 unspecified atom stereocenters. The third-order valence-electron chi connectivity index (χ3n) is 5.19. The number of carboxylic acids is 1. The second kappa shape index (κ2) is 8.49. The molecule has 1 aliphatic rings. The van der Waals surface area contributed by atoms with Crippen molar-refractivity contribution in [3.8, 4) is 11.4 Å². The highest BCUT2D eigenvalue weighted by Crippen LogP contribution is 2.29. The van der Waals surface area contributed by atoms with Gasteiger partial charge in [-0.2, -0.15) is 0 Å². The number of hydrogen-bond acceptors (Lipinski definition) is 6. The molecular weight excluding hydrogens is 412 g/mol. The maximum absolute atomic E-state index is 12.2. The number of amides is 1. The minimum Gasteiger partial charge on any atom is -0.490 e. The molecule has 0 radical (unpaired) electrons. The van der Waals surface area contributed by atoms with Crippen LogP contribution in [0.5, 0.6) is 5.75 Å². The summed E-state index contributed by atoms with van der Waals surface area (Å²) < 4.78 is 13.2. The van der Waals surface area contributed by atoms with E-state index >= 15 is 0 Å². The number of aromatic nitrogens is 3. The fourth-order valence-electron chi connectivity index (χ4n) is 3.78. The van der Waals surface area contributed by atoms with Crippen molar-refractivity contribution in [1.29, 1.82) is 0 Å². The van der Waals surface area contributed by atoms with Gasteiger partial charge in [0.15, 0.2) is 0 Å². The molecule has 32 heavy (non-hydrogen) atoms. The van der Waals surface area contributed by atoms with Crippen molar-refractivity contribution in [3.05, 3.63) is 48.7 Å². The number of ether oxygens (including phenoxy) is 2. The first kappa shape index (κ1) is 21.6. The first-order valence-corrected chi connectivity index (χ1v) is 10.5. The summed E-state index contributed by atoms with van der Waals surface area (Å²) in [7, 11) is 0. The highest BCUT2D eigenvalue weighted by atomic mass is 16.6. The van der Waals surface area contributed by atoms with Crippen molar-refractivity contribution in [2.45, 2.75) is 45.3 Å². The van der Waals surface area contributed by atoms with Crippen molar-refractivity contribution in [2.75, 3.05) is 13.1 Å². The van der Waals surface area contributed by atoms with E-state index in [0.717, 1.165) is 10.9 Å². The zero-order valence-corrected chi connectivity index (χ0v) is 18.3. The second-order valence-electron chi connectivity index (χ2n) is 8.77. The smallest absolute Gasteiger partial charge is 0.410 e. The Morgan fingerprint density at radius 3 is 2.41 bits per heavy atom. The van der Waals surface area contributed by atoms with Crippen LogP contribution in [0.1, 0.15) is 44.1 Å². The first-order valence-electron chi connectivity index (χ1n) is 10.5. The van der Waals surface area contributed by atoms with Crippen LogP contribution in [0.4, 0.5) is 4.79 Å². The number of piperidine rings is 1. The zero-order chi connectivity index (χ0) is 22.9. The van der Waals surface area contributed by atoms with E-state index in [2.05, 4.69) is 9.97 Å².